The number of ketones is 1. The molecule has 1 saturated heterocycles. The van der Waals surface area contributed by atoms with Gasteiger partial charge in [-0.15, -0.1) is 0 Å². The van der Waals surface area contributed by atoms with Crippen LogP contribution in [0, 0.1) is 6.92 Å². The molecule has 0 spiro atoms. The largest absolute Gasteiger partial charge is 0.497 e. The fourth-order valence-corrected chi connectivity index (χ4v) is 6.03. The van der Waals surface area contributed by atoms with E-state index in [1.54, 1.807) is 67.8 Å². The molecule has 166 valence electrons. The van der Waals surface area contributed by atoms with Gasteiger partial charge in [0.2, 0.25) is 10.0 Å². The van der Waals surface area contributed by atoms with Crippen LogP contribution in [0.25, 0.3) is 0 Å². The molecule has 0 saturated carbocycles. The Bertz CT molecular complexity index is 1210. The van der Waals surface area contributed by atoms with Crippen LogP contribution in [-0.2, 0) is 14.8 Å². The van der Waals surface area contributed by atoms with Gasteiger partial charge in [0.05, 0.1) is 24.1 Å². The lowest BCUT2D eigenvalue weighted by Gasteiger charge is -2.41. The first-order chi connectivity index (χ1) is 15.3. The first kappa shape index (κ1) is 22.5. The average Bonchev–Trinajstić information content (AvgIpc) is 2.79. The van der Waals surface area contributed by atoms with Crippen LogP contribution >= 0.6 is 11.6 Å². The lowest BCUT2D eigenvalue weighted by atomic mass is 9.89. The maximum Gasteiger partial charge on any atom is 0.244 e. The van der Waals surface area contributed by atoms with Gasteiger partial charge in [0, 0.05) is 17.9 Å². The molecule has 0 amide bonds. The van der Waals surface area contributed by atoms with Gasteiger partial charge in [-0.3, -0.25) is 4.79 Å². The summed E-state index contributed by atoms with van der Waals surface area (Å²) in [6.07, 6.45) is 0.223. The van der Waals surface area contributed by atoms with Crippen molar-refractivity contribution in [1.29, 1.82) is 0 Å². The van der Waals surface area contributed by atoms with Crippen LogP contribution < -0.4 is 4.74 Å². The number of benzene rings is 3. The molecule has 0 unspecified atom stereocenters. The molecule has 0 aromatic heterocycles. The number of carbonyl (C=O) groups is 1. The minimum atomic E-state index is -3.91. The molecule has 1 aliphatic rings. The predicted molar refractivity (Wildman–Crippen MR) is 124 cm³/mol. The Morgan fingerprint density at radius 1 is 0.844 bits per heavy atom. The summed E-state index contributed by atoms with van der Waals surface area (Å²) in [5.41, 5.74) is 2.45. The van der Waals surface area contributed by atoms with Crippen LogP contribution in [0.5, 0.6) is 5.75 Å². The highest BCUT2D eigenvalue weighted by Crippen LogP contribution is 2.44. The third-order valence-corrected chi connectivity index (χ3v) is 7.99. The van der Waals surface area contributed by atoms with Crippen molar-refractivity contribution in [2.75, 3.05) is 7.11 Å². The third-order valence-electron chi connectivity index (χ3n) is 5.81. The van der Waals surface area contributed by atoms with Crippen LogP contribution in [0.3, 0.4) is 0 Å². The molecule has 1 heterocycles. The van der Waals surface area contributed by atoms with E-state index in [0.717, 1.165) is 16.7 Å². The van der Waals surface area contributed by atoms with Gasteiger partial charge in [-0.05, 0) is 54.4 Å². The highest BCUT2D eigenvalue weighted by atomic mass is 35.5. The molecule has 3 aromatic rings. The molecule has 0 N–H and O–H groups in total. The summed E-state index contributed by atoms with van der Waals surface area (Å²) in [4.78, 5) is 13.0. The molecule has 0 aliphatic carbocycles. The van der Waals surface area contributed by atoms with Crippen molar-refractivity contribution >= 4 is 27.4 Å². The Hall–Kier alpha value is -2.67. The summed E-state index contributed by atoms with van der Waals surface area (Å²) in [7, 11) is -2.33. The van der Waals surface area contributed by atoms with Gasteiger partial charge >= 0.3 is 0 Å². The number of methoxy groups -OCH3 is 1. The van der Waals surface area contributed by atoms with Gasteiger partial charge in [0.1, 0.15) is 11.5 Å². The number of nitrogens with zero attached hydrogens (tertiary/aromatic N) is 1. The van der Waals surface area contributed by atoms with Crippen LogP contribution in [0.2, 0.25) is 5.02 Å². The Labute approximate surface area is 193 Å². The number of hydrogen-bond donors (Lipinski definition) is 0. The second kappa shape index (κ2) is 9.06. The van der Waals surface area contributed by atoms with Crippen LogP contribution in [0.1, 0.15) is 41.6 Å². The molecule has 3 aromatic carbocycles. The summed E-state index contributed by atoms with van der Waals surface area (Å²) in [6.45, 7) is 1.91. The fourth-order valence-electron chi connectivity index (χ4n) is 4.12. The van der Waals surface area contributed by atoms with Gasteiger partial charge < -0.3 is 4.74 Å². The van der Waals surface area contributed by atoms with Crippen LogP contribution in [-0.4, -0.2) is 25.6 Å². The standard InChI is InChI=1S/C25H24ClNO4S/c1-17-3-13-23(14-4-17)32(29,30)27-24(18-5-9-20(26)10-6-18)15-21(28)16-25(27)19-7-11-22(31-2)12-8-19/h3-14,24-25H,15-16H2,1-2H3/t24-,25+/m1/s1. The maximum atomic E-state index is 13.9. The Kier molecular flexibility index (Phi) is 6.38. The van der Waals surface area contributed by atoms with E-state index in [-0.39, 0.29) is 23.5 Å². The molecular formula is C25H24ClNO4S. The number of rotatable bonds is 5. The first-order valence-electron chi connectivity index (χ1n) is 10.3. The second-order valence-corrected chi connectivity index (χ2v) is 10.2. The van der Waals surface area contributed by atoms with E-state index < -0.39 is 22.1 Å². The van der Waals surface area contributed by atoms with E-state index >= 15 is 0 Å². The second-order valence-electron chi connectivity index (χ2n) is 7.95. The number of ether oxygens (including phenoxy) is 1. The van der Waals surface area contributed by atoms with E-state index in [9.17, 15) is 13.2 Å². The molecule has 2 atom stereocenters. The smallest absolute Gasteiger partial charge is 0.244 e. The summed E-state index contributed by atoms with van der Waals surface area (Å²) >= 11 is 6.06. The summed E-state index contributed by atoms with van der Waals surface area (Å²) in [5, 5.41) is 0.551. The van der Waals surface area contributed by atoms with Crippen molar-refractivity contribution in [3.05, 3.63) is 94.5 Å². The van der Waals surface area contributed by atoms with Crippen molar-refractivity contribution in [2.45, 2.75) is 36.7 Å². The zero-order valence-electron chi connectivity index (χ0n) is 17.9. The van der Waals surface area contributed by atoms with Crippen LogP contribution in [0.4, 0.5) is 0 Å². The molecule has 0 bridgehead atoms. The van der Waals surface area contributed by atoms with E-state index in [4.69, 9.17) is 16.3 Å². The SMILES string of the molecule is COc1ccc([C@@H]2CC(=O)C[C@H](c3ccc(Cl)cc3)N2S(=O)(=O)c2ccc(C)cc2)cc1. The number of halogens is 1. The predicted octanol–water partition coefficient (Wildman–Crippen LogP) is 5.49. The molecule has 7 heteroatoms. The first-order valence-corrected chi connectivity index (χ1v) is 12.1. The lowest BCUT2D eigenvalue weighted by molar-refractivity contribution is -0.123. The number of carbonyl (C=O) groups excluding carboxylic acids is 1. The van der Waals surface area contributed by atoms with E-state index in [1.165, 1.54) is 4.31 Å². The van der Waals surface area contributed by atoms with Gasteiger partial charge in [0.15, 0.2) is 0 Å². The van der Waals surface area contributed by atoms with E-state index in [0.29, 0.717) is 10.8 Å². The minimum absolute atomic E-state index is 0.0149. The summed E-state index contributed by atoms with van der Waals surface area (Å²) in [5.74, 6) is 0.680. The quantitative estimate of drug-likeness (QED) is 0.495. The average molecular weight is 470 g/mol. The summed E-state index contributed by atoms with van der Waals surface area (Å²) < 4.78 is 34.6. The maximum absolute atomic E-state index is 13.9. The highest BCUT2D eigenvalue weighted by molar-refractivity contribution is 7.89. The van der Waals surface area contributed by atoms with E-state index in [2.05, 4.69) is 0 Å². The highest BCUT2D eigenvalue weighted by Gasteiger charge is 2.44. The molecule has 1 aliphatic heterocycles. The van der Waals surface area contributed by atoms with Crippen molar-refractivity contribution in [3.8, 4) is 5.75 Å². The third kappa shape index (κ3) is 4.44. The normalized spacial score (nSPS) is 19.7. The Morgan fingerprint density at radius 2 is 1.34 bits per heavy atom. The van der Waals surface area contributed by atoms with Crippen molar-refractivity contribution < 1.29 is 17.9 Å². The Balaban J connectivity index is 1.87. The number of piperidine rings is 1. The lowest BCUT2D eigenvalue weighted by Crippen LogP contribution is -2.43. The summed E-state index contributed by atoms with van der Waals surface area (Å²) in [6, 6.07) is 19.7. The molecule has 32 heavy (non-hydrogen) atoms. The fraction of sp³-hybridized carbons (Fsp3) is 0.240. The number of hydrogen-bond acceptors (Lipinski definition) is 4. The zero-order valence-corrected chi connectivity index (χ0v) is 19.4. The molecule has 0 radical (unpaired) electrons. The number of sulfonamides is 1. The van der Waals surface area contributed by atoms with Gasteiger partial charge in [-0.1, -0.05) is 53.6 Å². The monoisotopic (exact) mass is 469 g/mol. The number of aryl methyl sites for hydroxylation is 1. The van der Waals surface area contributed by atoms with Crippen molar-refractivity contribution in [2.24, 2.45) is 0 Å². The zero-order chi connectivity index (χ0) is 22.9. The molecule has 1 fully saturated rings. The van der Waals surface area contributed by atoms with Gasteiger partial charge in [-0.25, -0.2) is 8.42 Å². The van der Waals surface area contributed by atoms with E-state index in [1.807, 2.05) is 19.1 Å². The molecule has 4 rings (SSSR count). The molecular weight excluding hydrogens is 446 g/mol. The topological polar surface area (TPSA) is 63.7 Å². The van der Waals surface area contributed by atoms with Gasteiger partial charge in [-0.2, -0.15) is 4.31 Å². The minimum Gasteiger partial charge on any atom is -0.497 e. The number of Topliss-reactive ketones (excluding diaryl/α,β-unsaturated/α-hetero) is 1. The van der Waals surface area contributed by atoms with Crippen LogP contribution in [0.15, 0.2) is 77.7 Å². The van der Waals surface area contributed by atoms with Gasteiger partial charge in [0.25, 0.3) is 0 Å². The van der Waals surface area contributed by atoms with Crippen molar-refractivity contribution in [3.63, 3.8) is 0 Å². The van der Waals surface area contributed by atoms with Crippen molar-refractivity contribution in [1.82, 2.24) is 4.31 Å². The molecule has 5 nitrogen and oxygen atoms in total. The Morgan fingerprint density at radius 3 is 1.84 bits per heavy atom.